The van der Waals surface area contributed by atoms with E-state index in [1.165, 1.54) is 43.5 Å². The van der Waals surface area contributed by atoms with E-state index >= 15 is 0 Å². The van der Waals surface area contributed by atoms with Crippen molar-refractivity contribution in [3.8, 4) is 11.5 Å². The van der Waals surface area contributed by atoms with E-state index in [4.69, 9.17) is 19.3 Å². The lowest BCUT2D eigenvalue weighted by Gasteiger charge is -2.13. The van der Waals surface area contributed by atoms with Crippen molar-refractivity contribution >= 4 is 27.6 Å². The monoisotopic (exact) mass is 436 g/mol. The molecular formula is C20H24N2O7S. The van der Waals surface area contributed by atoms with Crippen LogP contribution in [0.1, 0.15) is 24.2 Å². The maximum Gasteiger partial charge on any atom is 0.338 e. The molecule has 0 saturated carbocycles. The zero-order valence-electron chi connectivity index (χ0n) is 16.9. The highest BCUT2D eigenvalue weighted by Gasteiger charge is 2.15. The van der Waals surface area contributed by atoms with Gasteiger partial charge in [-0.2, -0.15) is 0 Å². The van der Waals surface area contributed by atoms with E-state index in [9.17, 15) is 18.0 Å². The molecule has 30 heavy (non-hydrogen) atoms. The number of nitrogens with two attached hydrogens (primary N) is 1. The van der Waals surface area contributed by atoms with Gasteiger partial charge in [-0.25, -0.2) is 18.4 Å². The molecule has 0 unspecified atom stereocenters. The van der Waals surface area contributed by atoms with E-state index in [1.807, 2.05) is 13.8 Å². The SMILES string of the molecule is COc1cc(C(=O)OCC(=O)Nc2ccc(S(N)(=O)=O)cc2)ccc1OCC(C)C. The van der Waals surface area contributed by atoms with Crippen molar-refractivity contribution in [2.24, 2.45) is 11.1 Å². The zero-order chi connectivity index (χ0) is 22.3. The average Bonchev–Trinajstić information content (AvgIpc) is 2.70. The van der Waals surface area contributed by atoms with Crippen LogP contribution in [0.25, 0.3) is 0 Å². The molecule has 0 atom stereocenters. The first-order chi connectivity index (χ1) is 14.1. The van der Waals surface area contributed by atoms with Crippen molar-refractivity contribution in [1.82, 2.24) is 0 Å². The van der Waals surface area contributed by atoms with Gasteiger partial charge in [-0.05, 0) is 48.4 Å². The Morgan fingerprint density at radius 1 is 1.07 bits per heavy atom. The number of primary sulfonamides is 1. The molecule has 0 heterocycles. The summed E-state index contributed by atoms with van der Waals surface area (Å²) in [6.07, 6.45) is 0. The van der Waals surface area contributed by atoms with Crippen LogP contribution in [-0.2, 0) is 19.6 Å². The first-order valence-electron chi connectivity index (χ1n) is 9.01. The molecule has 3 N–H and O–H groups in total. The maximum atomic E-state index is 12.2. The first-order valence-corrected chi connectivity index (χ1v) is 10.6. The van der Waals surface area contributed by atoms with E-state index < -0.39 is 28.5 Å². The number of ether oxygens (including phenoxy) is 3. The van der Waals surface area contributed by atoms with Gasteiger partial charge in [0.1, 0.15) is 0 Å². The molecule has 0 aliphatic rings. The van der Waals surface area contributed by atoms with Gasteiger partial charge in [0.25, 0.3) is 5.91 Å². The number of sulfonamides is 1. The molecule has 0 saturated heterocycles. The van der Waals surface area contributed by atoms with Crippen LogP contribution >= 0.6 is 0 Å². The van der Waals surface area contributed by atoms with Crippen LogP contribution in [0.5, 0.6) is 11.5 Å². The van der Waals surface area contributed by atoms with E-state index in [-0.39, 0.29) is 10.5 Å². The molecule has 0 fully saturated rings. The fourth-order valence-corrected chi connectivity index (χ4v) is 2.83. The number of carbonyl (C=O) groups is 2. The topological polar surface area (TPSA) is 134 Å². The quantitative estimate of drug-likeness (QED) is 0.575. The molecule has 0 aromatic heterocycles. The summed E-state index contributed by atoms with van der Waals surface area (Å²) in [5.41, 5.74) is 0.533. The molecule has 0 aliphatic carbocycles. The van der Waals surface area contributed by atoms with Crippen molar-refractivity contribution in [3.05, 3.63) is 48.0 Å². The largest absolute Gasteiger partial charge is 0.493 e. The maximum absolute atomic E-state index is 12.2. The number of nitrogens with one attached hydrogen (secondary N) is 1. The van der Waals surface area contributed by atoms with Crippen molar-refractivity contribution in [2.75, 3.05) is 25.6 Å². The Morgan fingerprint density at radius 2 is 1.73 bits per heavy atom. The molecule has 0 spiro atoms. The number of carbonyl (C=O) groups excluding carboxylic acids is 2. The molecule has 9 nitrogen and oxygen atoms in total. The number of esters is 1. The third-order valence-corrected chi connectivity index (χ3v) is 4.70. The third-order valence-electron chi connectivity index (χ3n) is 3.77. The Bertz CT molecular complexity index is 1000. The van der Waals surface area contributed by atoms with Crippen molar-refractivity contribution in [2.45, 2.75) is 18.7 Å². The van der Waals surface area contributed by atoms with E-state index in [2.05, 4.69) is 5.32 Å². The first kappa shape index (κ1) is 23.2. The summed E-state index contributed by atoms with van der Waals surface area (Å²) in [5, 5.41) is 7.50. The van der Waals surface area contributed by atoms with Crippen LogP contribution in [0.4, 0.5) is 5.69 Å². The van der Waals surface area contributed by atoms with Gasteiger partial charge >= 0.3 is 5.97 Å². The predicted octanol–water partition coefficient (Wildman–Crippen LogP) is 2.17. The van der Waals surface area contributed by atoms with E-state index in [0.29, 0.717) is 29.7 Å². The van der Waals surface area contributed by atoms with E-state index in [1.54, 1.807) is 6.07 Å². The lowest BCUT2D eigenvalue weighted by molar-refractivity contribution is -0.119. The van der Waals surface area contributed by atoms with Crippen molar-refractivity contribution in [3.63, 3.8) is 0 Å². The summed E-state index contributed by atoms with van der Waals surface area (Å²) in [6.45, 7) is 4.00. The molecule has 0 aliphatic heterocycles. The highest BCUT2D eigenvalue weighted by Crippen LogP contribution is 2.28. The van der Waals surface area contributed by atoms with Crippen LogP contribution in [0.2, 0.25) is 0 Å². The molecule has 0 radical (unpaired) electrons. The fourth-order valence-electron chi connectivity index (χ4n) is 2.31. The van der Waals surface area contributed by atoms with Gasteiger partial charge in [0.15, 0.2) is 18.1 Å². The van der Waals surface area contributed by atoms with Crippen LogP contribution in [0.3, 0.4) is 0 Å². The highest BCUT2D eigenvalue weighted by molar-refractivity contribution is 7.89. The Kier molecular flexibility index (Phi) is 7.79. The Morgan fingerprint density at radius 3 is 2.30 bits per heavy atom. The minimum atomic E-state index is -3.82. The number of methoxy groups -OCH3 is 1. The molecule has 1 amide bonds. The standard InChI is InChI=1S/C20H24N2O7S/c1-13(2)11-28-17-9-4-14(10-18(17)27-3)20(24)29-12-19(23)22-15-5-7-16(8-6-15)30(21,25)26/h4-10,13H,11-12H2,1-3H3,(H,22,23)(H2,21,25,26). The average molecular weight is 436 g/mol. The number of hydrogen-bond acceptors (Lipinski definition) is 7. The smallest absolute Gasteiger partial charge is 0.338 e. The van der Waals surface area contributed by atoms with Gasteiger partial charge in [0.05, 0.1) is 24.2 Å². The number of rotatable bonds is 9. The summed E-state index contributed by atoms with van der Waals surface area (Å²) < 4.78 is 38.3. The summed E-state index contributed by atoms with van der Waals surface area (Å²) in [4.78, 5) is 24.1. The molecule has 162 valence electrons. The molecule has 10 heteroatoms. The number of hydrogen-bond donors (Lipinski definition) is 2. The zero-order valence-corrected chi connectivity index (χ0v) is 17.7. The lowest BCUT2D eigenvalue weighted by atomic mass is 10.2. The summed E-state index contributed by atoms with van der Waals surface area (Å²) in [7, 11) is -2.36. The van der Waals surface area contributed by atoms with Gasteiger partial charge in [-0.15, -0.1) is 0 Å². The van der Waals surface area contributed by atoms with Crippen LogP contribution < -0.4 is 19.9 Å². The number of amides is 1. The minimum absolute atomic E-state index is 0.0818. The Labute approximate surface area is 175 Å². The Hall–Kier alpha value is -3.11. The second kappa shape index (κ2) is 10.1. The Balaban J connectivity index is 1.93. The van der Waals surface area contributed by atoms with E-state index in [0.717, 1.165) is 0 Å². The van der Waals surface area contributed by atoms with Gasteiger partial charge in [-0.3, -0.25) is 4.79 Å². The van der Waals surface area contributed by atoms with Gasteiger partial charge in [-0.1, -0.05) is 13.8 Å². The third kappa shape index (κ3) is 6.75. The van der Waals surface area contributed by atoms with Gasteiger partial charge < -0.3 is 19.5 Å². The van der Waals surface area contributed by atoms with Crippen LogP contribution in [0.15, 0.2) is 47.4 Å². The van der Waals surface area contributed by atoms with Gasteiger partial charge in [0, 0.05) is 5.69 Å². The fraction of sp³-hybridized carbons (Fsp3) is 0.300. The summed E-state index contributed by atoms with van der Waals surface area (Å²) >= 11 is 0. The molecule has 2 aromatic carbocycles. The van der Waals surface area contributed by atoms with Gasteiger partial charge in [0.2, 0.25) is 10.0 Å². The van der Waals surface area contributed by atoms with Crippen molar-refractivity contribution in [1.29, 1.82) is 0 Å². The molecule has 2 aromatic rings. The predicted molar refractivity (Wildman–Crippen MR) is 110 cm³/mol. The molecular weight excluding hydrogens is 412 g/mol. The molecule has 0 bridgehead atoms. The number of benzene rings is 2. The highest BCUT2D eigenvalue weighted by atomic mass is 32.2. The van der Waals surface area contributed by atoms with Crippen molar-refractivity contribution < 1.29 is 32.2 Å². The minimum Gasteiger partial charge on any atom is -0.493 e. The van der Waals surface area contributed by atoms with Crippen LogP contribution in [-0.4, -0.2) is 40.6 Å². The number of anilines is 1. The van der Waals surface area contributed by atoms with Crippen LogP contribution in [0, 0.1) is 5.92 Å². The second-order valence-electron chi connectivity index (χ2n) is 6.76. The second-order valence-corrected chi connectivity index (χ2v) is 8.33. The lowest BCUT2D eigenvalue weighted by Crippen LogP contribution is -2.21. The molecule has 2 rings (SSSR count). The normalized spacial score (nSPS) is 11.1. The summed E-state index contributed by atoms with van der Waals surface area (Å²) in [5.74, 6) is -0.0827. The summed E-state index contributed by atoms with van der Waals surface area (Å²) in [6, 6.07) is 9.86.